The number of carboxylic acid groups (broad SMARTS) is 1. The Morgan fingerprint density at radius 1 is 1.56 bits per heavy atom. The summed E-state index contributed by atoms with van der Waals surface area (Å²) < 4.78 is 19.5. The minimum absolute atomic E-state index is 0.179. The van der Waals surface area contributed by atoms with Crippen molar-refractivity contribution < 1.29 is 14.1 Å². The highest BCUT2D eigenvalue weighted by molar-refractivity contribution is 7.91. The van der Waals surface area contributed by atoms with Gasteiger partial charge >= 0.3 is 5.97 Å². The Morgan fingerprint density at radius 2 is 2.25 bits per heavy atom. The Hall–Kier alpha value is -1.47. The van der Waals surface area contributed by atoms with E-state index in [0.29, 0.717) is 10.1 Å². The Kier molecular flexibility index (Phi) is 2.43. The van der Waals surface area contributed by atoms with Crippen molar-refractivity contribution in [3.63, 3.8) is 0 Å². The van der Waals surface area contributed by atoms with Gasteiger partial charge in [-0.25, -0.2) is 18.8 Å². The zero-order valence-electron chi connectivity index (χ0n) is 8.26. The van der Waals surface area contributed by atoms with Crippen molar-refractivity contribution in [1.29, 1.82) is 4.78 Å². The molecule has 0 bridgehead atoms. The summed E-state index contributed by atoms with van der Waals surface area (Å²) in [5, 5.41) is 9.68. The molecular formula is C9H8N2O3S2. The molecule has 0 amide bonds. The van der Waals surface area contributed by atoms with Crippen molar-refractivity contribution in [1.82, 2.24) is 4.98 Å². The summed E-state index contributed by atoms with van der Waals surface area (Å²) in [5.41, 5.74) is 0. The smallest absolute Gasteiger partial charge is 0.345 e. The van der Waals surface area contributed by atoms with E-state index < -0.39 is 15.7 Å². The quantitative estimate of drug-likeness (QED) is 0.860. The van der Waals surface area contributed by atoms with E-state index in [1.807, 2.05) is 0 Å². The zero-order chi connectivity index (χ0) is 11.9. The maximum Gasteiger partial charge on any atom is 0.345 e. The van der Waals surface area contributed by atoms with E-state index in [1.54, 1.807) is 0 Å². The lowest BCUT2D eigenvalue weighted by atomic mass is 10.3. The van der Waals surface area contributed by atoms with Gasteiger partial charge in [-0.2, -0.15) is 0 Å². The Bertz CT molecular complexity index is 673. The van der Waals surface area contributed by atoms with Gasteiger partial charge in [0.05, 0.1) is 9.73 Å². The maximum absolute atomic E-state index is 11.5. The van der Waals surface area contributed by atoms with Crippen LogP contribution in [0, 0.1) is 4.78 Å². The lowest BCUT2D eigenvalue weighted by Gasteiger charge is -1.98. The van der Waals surface area contributed by atoms with Crippen LogP contribution in [0.25, 0.3) is 10.1 Å². The van der Waals surface area contributed by atoms with Gasteiger partial charge in [0.25, 0.3) is 0 Å². The van der Waals surface area contributed by atoms with Gasteiger partial charge in [-0.1, -0.05) is 0 Å². The van der Waals surface area contributed by atoms with E-state index in [0.717, 1.165) is 11.3 Å². The first-order valence-corrected chi connectivity index (χ1v) is 7.03. The van der Waals surface area contributed by atoms with Crippen LogP contribution in [0.1, 0.15) is 9.67 Å². The van der Waals surface area contributed by atoms with Crippen LogP contribution in [-0.2, 0) is 9.73 Å². The largest absolute Gasteiger partial charge is 0.477 e. The Labute approximate surface area is 95.7 Å². The third kappa shape index (κ3) is 1.91. The molecule has 2 aromatic rings. The number of hydrogen-bond acceptors (Lipinski definition) is 5. The molecule has 16 heavy (non-hydrogen) atoms. The van der Waals surface area contributed by atoms with Crippen LogP contribution in [0.15, 0.2) is 23.4 Å². The van der Waals surface area contributed by atoms with Crippen molar-refractivity contribution in [3.05, 3.63) is 23.2 Å². The lowest BCUT2D eigenvalue weighted by Crippen LogP contribution is -1.97. The zero-order valence-corrected chi connectivity index (χ0v) is 9.89. The minimum Gasteiger partial charge on any atom is -0.477 e. The summed E-state index contributed by atoms with van der Waals surface area (Å²) in [6.07, 6.45) is 2.73. The van der Waals surface area contributed by atoms with Crippen molar-refractivity contribution in [2.75, 3.05) is 6.26 Å². The molecule has 1 atom stereocenters. The number of carbonyl (C=O) groups is 1. The number of nitrogens with zero attached hydrogens (tertiary/aromatic N) is 1. The second kappa shape index (κ2) is 3.53. The van der Waals surface area contributed by atoms with Crippen molar-refractivity contribution in [2.24, 2.45) is 0 Å². The van der Waals surface area contributed by atoms with Crippen molar-refractivity contribution in [3.8, 4) is 0 Å². The maximum atomic E-state index is 11.5. The van der Waals surface area contributed by atoms with Gasteiger partial charge in [-0.05, 0) is 12.1 Å². The third-order valence-corrected chi connectivity index (χ3v) is 4.09. The van der Waals surface area contributed by atoms with E-state index in [-0.39, 0.29) is 9.90 Å². The standard InChI is InChI=1S/C9H8N2O3S2/c1-16(10,14)8-3-6-5(4-11-8)2-7(15-6)9(12)13/h2-4,10H,1H3,(H,12,13). The minimum atomic E-state index is -2.86. The van der Waals surface area contributed by atoms with Crippen LogP contribution in [0.3, 0.4) is 0 Å². The third-order valence-electron chi connectivity index (χ3n) is 1.99. The summed E-state index contributed by atoms with van der Waals surface area (Å²) in [4.78, 5) is 14.9. The normalized spacial score (nSPS) is 14.8. The van der Waals surface area contributed by atoms with E-state index in [1.165, 1.54) is 24.6 Å². The number of nitrogens with one attached hydrogen (secondary N) is 1. The predicted octanol–water partition coefficient (Wildman–Crippen LogP) is 2.03. The second-order valence-electron chi connectivity index (χ2n) is 3.32. The number of carboxylic acids is 1. The first kappa shape index (κ1) is 11.0. The average Bonchev–Trinajstić information content (AvgIpc) is 2.58. The summed E-state index contributed by atoms with van der Waals surface area (Å²) in [7, 11) is -2.86. The van der Waals surface area contributed by atoms with Gasteiger partial charge in [0.1, 0.15) is 9.90 Å². The highest BCUT2D eigenvalue weighted by atomic mass is 32.2. The molecule has 2 heterocycles. The van der Waals surface area contributed by atoms with Crippen LogP contribution in [0.4, 0.5) is 0 Å². The van der Waals surface area contributed by atoms with E-state index in [4.69, 9.17) is 9.89 Å². The molecule has 2 aromatic heterocycles. The summed E-state index contributed by atoms with van der Waals surface area (Å²) in [6.45, 7) is 0. The highest BCUT2D eigenvalue weighted by Crippen LogP contribution is 2.26. The number of hydrogen-bond donors (Lipinski definition) is 2. The molecule has 2 N–H and O–H groups in total. The van der Waals surface area contributed by atoms with Crippen LogP contribution in [0.2, 0.25) is 0 Å². The molecule has 0 spiro atoms. The molecule has 0 aliphatic heterocycles. The molecule has 2 rings (SSSR count). The van der Waals surface area contributed by atoms with Crippen LogP contribution < -0.4 is 0 Å². The first-order chi connectivity index (χ1) is 7.38. The van der Waals surface area contributed by atoms with Gasteiger partial charge in [0.2, 0.25) is 0 Å². The van der Waals surface area contributed by atoms with Gasteiger partial charge in [-0.15, -0.1) is 11.3 Å². The van der Waals surface area contributed by atoms with Crippen molar-refractivity contribution >= 4 is 37.1 Å². The van der Waals surface area contributed by atoms with Gasteiger partial charge in [0, 0.05) is 22.5 Å². The van der Waals surface area contributed by atoms with Gasteiger partial charge < -0.3 is 5.11 Å². The molecule has 0 fully saturated rings. The molecule has 1 unspecified atom stereocenters. The molecule has 0 radical (unpaired) electrons. The van der Waals surface area contributed by atoms with E-state index >= 15 is 0 Å². The topological polar surface area (TPSA) is 91.1 Å². The molecular weight excluding hydrogens is 248 g/mol. The molecule has 84 valence electrons. The number of fused-ring (bicyclic) bond motifs is 1. The SMILES string of the molecule is CS(=N)(=O)c1cc2sc(C(=O)O)cc2cn1. The van der Waals surface area contributed by atoms with E-state index in [2.05, 4.69) is 4.98 Å². The second-order valence-corrected chi connectivity index (χ2v) is 6.51. The molecule has 0 saturated heterocycles. The summed E-state index contributed by atoms with van der Waals surface area (Å²) >= 11 is 1.09. The Balaban J connectivity index is 2.67. The van der Waals surface area contributed by atoms with Crippen LogP contribution in [-0.4, -0.2) is 26.5 Å². The number of pyridine rings is 1. The average molecular weight is 256 g/mol. The number of aromatic nitrogens is 1. The molecule has 0 saturated carbocycles. The number of thiophene rings is 1. The number of aromatic carboxylic acids is 1. The fourth-order valence-electron chi connectivity index (χ4n) is 1.23. The van der Waals surface area contributed by atoms with Gasteiger partial charge in [0.15, 0.2) is 0 Å². The highest BCUT2D eigenvalue weighted by Gasteiger charge is 2.11. The molecule has 5 nitrogen and oxygen atoms in total. The first-order valence-electron chi connectivity index (χ1n) is 4.24. The van der Waals surface area contributed by atoms with E-state index in [9.17, 15) is 9.00 Å². The molecule has 0 aliphatic rings. The number of rotatable bonds is 2. The monoisotopic (exact) mass is 256 g/mol. The summed E-state index contributed by atoms with van der Waals surface area (Å²) in [6, 6.07) is 3.03. The van der Waals surface area contributed by atoms with Gasteiger partial charge in [-0.3, -0.25) is 0 Å². The Morgan fingerprint density at radius 3 is 2.81 bits per heavy atom. The predicted molar refractivity (Wildman–Crippen MR) is 61.6 cm³/mol. The van der Waals surface area contributed by atoms with Crippen molar-refractivity contribution in [2.45, 2.75) is 5.03 Å². The molecule has 0 aromatic carbocycles. The molecule has 0 aliphatic carbocycles. The lowest BCUT2D eigenvalue weighted by molar-refractivity contribution is 0.0702. The fourth-order valence-corrected chi connectivity index (χ4v) is 2.82. The summed E-state index contributed by atoms with van der Waals surface area (Å²) in [5.74, 6) is -0.995. The fraction of sp³-hybridized carbons (Fsp3) is 0.111. The van der Waals surface area contributed by atoms with Crippen LogP contribution >= 0.6 is 11.3 Å². The molecule has 7 heteroatoms. The van der Waals surface area contributed by atoms with Crippen LogP contribution in [0.5, 0.6) is 0 Å².